The van der Waals surface area contributed by atoms with Crippen molar-refractivity contribution in [3.8, 4) is 12.1 Å². The Labute approximate surface area is 154 Å². The lowest BCUT2D eigenvalue weighted by atomic mass is 9.68. The van der Waals surface area contributed by atoms with Crippen molar-refractivity contribution in [2.45, 2.75) is 18.8 Å². The van der Waals surface area contributed by atoms with E-state index in [4.69, 9.17) is 0 Å². The van der Waals surface area contributed by atoms with Crippen molar-refractivity contribution >= 4 is 10.8 Å². The molecule has 0 aliphatic rings. The van der Waals surface area contributed by atoms with E-state index in [1.54, 1.807) is 6.08 Å². The Balaban J connectivity index is 2.11. The van der Waals surface area contributed by atoms with Crippen molar-refractivity contribution in [2.24, 2.45) is 5.41 Å². The molecule has 3 aromatic carbocycles. The van der Waals surface area contributed by atoms with Gasteiger partial charge in [0.05, 0.1) is 12.1 Å². The molecule has 0 radical (unpaired) electrons. The molecule has 0 bridgehead atoms. The van der Waals surface area contributed by atoms with Crippen LogP contribution in [0, 0.1) is 28.1 Å². The second-order valence-electron chi connectivity index (χ2n) is 6.50. The molecule has 3 rings (SSSR count). The molecule has 0 saturated carbocycles. The second kappa shape index (κ2) is 7.68. The average molecular weight is 336 g/mol. The summed E-state index contributed by atoms with van der Waals surface area (Å²) < 4.78 is 0. The first-order valence-electron chi connectivity index (χ1n) is 8.69. The van der Waals surface area contributed by atoms with Gasteiger partial charge < -0.3 is 0 Å². The monoisotopic (exact) mass is 336 g/mol. The molecule has 0 aliphatic carbocycles. The van der Waals surface area contributed by atoms with Gasteiger partial charge in [-0.1, -0.05) is 78.9 Å². The minimum Gasteiger partial charge on any atom is -0.197 e. The van der Waals surface area contributed by atoms with E-state index in [9.17, 15) is 10.5 Å². The van der Waals surface area contributed by atoms with Crippen LogP contribution in [0.4, 0.5) is 0 Å². The zero-order valence-electron chi connectivity index (χ0n) is 14.6. The van der Waals surface area contributed by atoms with E-state index in [1.807, 2.05) is 54.6 Å². The normalized spacial score (nSPS) is 12.1. The molecule has 26 heavy (non-hydrogen) atoms. The van der Waals surface area contributed by atoms with Gasteiger partial charge >= 0.3 is 0 Å². The van der Waals surface area contributed by atoms with E-state index in [1.165, 1.54) is 0 Å². The van der Waals surface area contributed by atoms with Crippen LogP contribution in [0.5, 0.6) is 0 Å². The summed E-state index contributed by atoms with van der Waals surface area (Å²) >= 11 is 0. The second-order valence-corrected chi connectivity index (χ2v) is 6.50. The average Bonchev–Trinajstić information content (AvgIpc) is 2.71. The largest absolute Gasteiger partial charge is 0.197 e. The third-order valence-corrected chi connectivity index (χ3v) is 4.95. The Morgan fingerprint density at radius 3 is 2.23 bits per heavy atom. The molecule has 0 amide bonds. The predicted molar refractivity (Wildman–Crippen MR) is 105 cm³/mol. The number of nitriles is 2. The van der Waals surface area contributed by atoms with Crippen molar-refractivity contribution in [3.63, 3.8) is 0 Å². The molecule has 126 valence electrons. The van der Waals surface area contributed by atoms with Gasteiger partial charge in [-0.15, -0.1) is 6.58 Å². The molecule has 0 N–H and O–H groups in total. The first-order chi connectivity index (χ1) is 12.7. The number of rotatable bonds is 6. The standard InChI is InChI=1S/C24H20N2/c1-2-9-23(20-11-4-3-5-12-20)24(17-25,18-26)16-21-14-8-13-19-10-6-7-15-22(19)21/h2-8,10-15,23H,1,9,16H2. The summed E-state index contributed by atoms with van der Waals surface area (Å²) in [6, 6.07) is 28.7. The Morgan fingerprint density at radius 1 is 0.885 bits per heavy atom. The van der Waals surface area contributed by atoms with Gasteiger partial charge in [0.2, 0.25) is 0 Å². The molecule has 1 unspecified atom stereocenters. The lowest BCUT2D eigenvalue weighted by Crippen LogP contribution is -2.28. The van der Waals surface area contributed by atoms with Gasteiger partial charge in [-0.3, -0.25) is 0 Å². The molecule has 2 nitrogen and oxygen atoms in total. The fraction of sp³-hybridized carbons (Fsp3) is 0.167. The zero-order chi connectivity index (χ0) is 18.4. The number of allylic oxidation sites excluding steroid dienone is 1. The summed E-state index contributed by atoms with van der Waals surface area (Å²) in [5.74, 6) is -0.227. The summed E-state index contributed by atoms with van der Waals surface area (Å²) in [6.45, 7) is 3.85. The molecule has 0 aliphatic heterocycles. The van der Waals surface area contributed by atoms with Gasteiger partial charge in [-0.25, -0.2) is 0 Å². The van der Waals surface area contributed by atoms with Crippen molar-refractivity contribution in [2.75, 3.05) is 0 Å². The molecule has 0 heterocycles. The summed E-state index contributed by atoms with van der Waals surface area (Å²) in [5, 5.41) is 22.3. The maximum atomic E-state index is 10.1. The van der Waals surface area contributed by atoms with Gasteiger partial charge in [0.1, 0.15) is 0 Å². The van der Waals surface area contributed by atoms with Crippen LogP contribution in [0.25, 0.3) is 10.8 Å². The molecular formula is C24H20N2. The molecule has 2 heteroatoms. The SMILES string of the molecule is C=CCC(c1ccccc1)C(C#N)(C#N)Cc1cccc2ccccc12. The summed E-state index contributed by atoms with van der Waals surface area (Å²) in [6.07, 6.45) is 2.76. The van der Waals surface area contributed by atoms with Gasteiger partial charge in [-0.05, 0) is 28.3 Å². The molecule has 1 atom stereocenters. The van der Waals surface area contributed by atoms with Gasteiger partial charge in [0, 0.05) is 12.3 Å². The van der Waals surface area contributed by atoms with Crippen LogP contribution >= 0.6 is 0 Å². The number of nitrogens with zero attached hydrogens (tertiary/aromatic N) is 2. The van der Waals surface area contributed by atoms with Crippen LogP contribution in [0.2, 0.25) is 0 Å². The smallest absolute Gasteiger partial charge is 0.154 e. The van der Waals surface area contributed by atoms with Crippen molar-refractivity contribution in [1.29, 1.82) is 10.5 Å². The van der Waals surface area contributed by atoms with Crippen molar-refractivity contribution in [3.05, 3.63) is 96.6 Å². The maximum absolute atomic E-state index is 10.1. The molecule has 0 saturated heterocycles. The Bertz CT molecular complexity index is 971. The highest BCUT2D eigenvalue weighted by molar-refractivity contribution is 5.85. The van der Waals surface area contributed by atoms with E-state index in [0.717, 1.165) is 21.9 Å². The Hall–Kier alpha value is -3.36. The minimum atomic E-state index is -1.15. The quantitative estimate of drug-likeness (QED) is 0.536. The number of hydrogen-bond donors (Lipinski definition) is 0. The summed E-state index contributed by atoms with van der Waals surface area (Å²) in [7, 11) is 0. The first kappa shape index (κ1) is 17.5. The van der Waals surface area contributed by atoms with E-state index in [-0.39, 0.29) is 5.92 Å². The molecule has 0 fully saturated rings. The van der Waals surface area contributed by atoms with Gasteiger partial charge in [0.15, 0.2) is 5.41 Å². The lowest BCUT2D eigenvalue weighted by Gasteiger charge is -2.29. The number of hydrogen-bond acceptors (Lipinski definition) is 2. The highest BCUT2D eigenvalue weighted by Crippen LogP contribution is 2.42. The minimum absolute atomic E-state index is 0.227. The predicted octanol–water partition coefficient (Wildman–Crippen LogP) is 5.78. The molecular weight excluding hydrogens is 316 g/mol. The third kappa shape index (κ3) is 3.23. The van der Waals surface area contributed by atoms with Crippen molar-refractivity contribution < 1.29 is 0 Å². The fourth-order valence-electron chi connectivity index (χ4n) is 3.60. The summed E-state index contributed by atoms with van der Waals surface area (Å²) in [5.41, 5.74) is 0.867. The highest BCUT2D eigenvalue weighted by atomic mass is 14.5. The van der Waals surface area contributed by atoms with Crippen LogP contribution in [0.1, 0.15) is 23.5 Å². The Kier molecular flexibility index (Phi) is 5.16. The Morgan fingerprint density at radius 2 is 1.54 bits per heavy atom. The van der Waals surface area contributed by atoms with Crippen LogP contribution < -0.4 is 0 Å². The third-order valence-electron chi connectivity index (χ3n) is 4.95. The van der Waals surface area contributed by atoms with Crippen LogP contribution in [-0.2, 0) is 6.42 Å². The molecule has 0 aromatic heterocycles. The van der Waals surface area contributed by atoms with E-state index >= 15 is 0 Å². The van der Waals surface area contributed by atoms with Crippen LogP contribution in [0.15, 0.2) is 85.5 Å². The van der Waals surface area contributed by atoms with Gasteiger partial charge in [0.25, 0.3) is 0 Å². The van der Waals surface area contributed by atoms with Crippen LogP contribution in [0.3, 0.4) is 0 Å². The molecule has 3 aromatic rings. The topological polar surface area (TPSA) is 47.6 Å². The zero-order valence-corrected chi connectivity index (χ0v) is 14.6. The van der Waals surface area contributed by atoms with Crippen molar-refractivity contribution in [1.82, 2.24) is 0 Å². The maximum Gasteiger partial charge on any atom is 0.154 e. The van der Waals surface area contributed by atoms with E-state index < -0.39 is 5.41 Å². The lowest BCUT2D eigenvalue weighted by molar-refractivity contribution is 0.409. The number of fused-ring (bicyclic) bond motifs is 1. The number of benzene rings is 3. The fourth-order valence-corrected chi connectivity index (χ4v) is 3.60. The van der Waals surface area contributed by atoms with E-state index in [2.05, 4.69) is 36.9 Å². The van der Waals surface area contributed by atoms with E-state index in [0.29, 0.717) is 12.8 Å². The van der Waals surface area contributed by atoms with Gasteiger partial charge in [-0.2, -0.15) is 10.5 Å². The van der Waals surface area contributed by atoms with Crippen LogP contribution in [-0.4, -0.2) is 0 Å². The first-order valence-corrected chi connectivity index (χ1v) is 8.69. The molecule has 0 spiro atoms. The highest BCUT2D eigenvalue weighted by Gasteiger charge is 2.40. The summed E-state index contributed by atoms with van der Waals surface area (Å²) in [4.78, 5) is 0.